The lowest BCUT2D eigenvalue weighted by Crippen LogP contribution is -2.57. The lowest BCUT2D eigenvalue weighted by molar-refractivity contribution is -0.193. The summed E-state index contributed by atoms with van der Waals surface area (Å²) in [6.45, 7) is 5.12. The molecule has 0 radical (unpaired) electrons. The van der Waals surface area contributed by atoms with Crippen LogP contribution in [0.25, 0.3) is 0 Å². The molecular weight excluding hydrogens is 660 g/mol. The molecule has 0 bridgehead atoms. The van der Waals surface area contributed by atoms with Crippen LogP contribution < -0.4 is 4.90 Å². The molecule has 0 saturated carbocycles. The first-order valence-electron chi connectivity index (χ1n) is 12.4. The standard InChI is InChI=1S/C18H22FN5O.3C2HF3O2/c19-16-11-21-17(22-12-16)24-9-10-25-18(14-24)3-7-23(8-4-18)13-15-1-5-20-6-2-15;3*3-2(4,5)1(6)7/h1-2,5-6,11-12H,3-4,7-10,13-14H2;3*(H,6,7). The normalized spacial score (nSPS) is 16.4. The average molecular weight is 685 g/mol. The number of hydrogen-bond acceptors (Lipinski definition) is 9. The second-order valence-electron chi connectivity index (χ2n) is 9.19. The van der Waals surface area contributed by atoms with E-state index in [4.69, 9.17) is 34.4 Å². The van der Waals surface area contributed by atoms with Crippen molar-refractivity contribution < 1.29 is 78.3 Å². The molecule has 4 rings (SSSR count). The molecule has 0 atom stereocenters. The number of carbonyl (C=O) groups is 3. The third kappa shape index (κ3) is 14.6. The number of hydrogen-bond donors (Lipinski definition) is 3. The minimum atomic E-state index is -5.08. The highest BCUT2D eigenvalue weighted by atomic mass is 19.4. The molecule has 3 N–H and O–H groups in total. The van der Waals surface area contributed by atoms with Crippen LogP contribution in [0.3, 0.4) is 0 Å². The van der Waals surface area contributed by atoms with E-state index < -0.39 is 42.3 Å². The zero-order valence-electron chi connectivity index (χ0n) is 23.1. The molecule has 0 aromatic carbocycles. The second kappa shape index (κ2) is 16.8. The summed E-state index contributed by atoms with van der Waals surface area (Å²) in [5, 5.41) is 21.4. The van der Waals surface area contributed by atoms with Gasteiger partial charge >= 0.3 is 36.4 Å². The lowest BCUT2D eigenvalue weighted by Gasteiger charge is -2.47. The van der Waals surface area contributed by atoms with Gasteiger partial charge in [0.1, 0.15) is 0 Å². The van der Waals surface area contributed by atoms with E-state index in [0.717, 1.165) is 45.6 Å². The second-order valence-corrected chi connectivity index (χ2v) is 9.19. The highest BCUT2D eigenvalue weighted by Crippen LogP contribution is 2.31. The first-order chi connectivity index (χ1) is 21.1. The summed E-state index contributed by atoms with van der Waals surface area (Å²) in [5.41, 5.74) is 1.14. The topological polar surface area (TPSA) is 166 Å². The number of rotatable bonds is 3. The summed E-state index contributed by atoms with van der Waals surface area (Å²) >= 11 is 0. The fourth-order valence-electron chi connectivity index (χ4n) is 3.65. The Hall–Kier alpha value is -4.34. The average Bonchev–Trinajstić information content (AvgIpc) is 2.95. The highest BCUT2D eigenvalue weighted by molar-refractivity contribution is 5.73. The molecule has 0 aliphatic carbocycles. The van der Waals surface area contributed by atoms with Gasteiger partial charge in [-0.05, 0) is 30.5 Å². The maximum absolute atomic E-state index is 13.0. The molecule has 2 aromatic heterocycles. The predicted molar refractivity (Wildman–Crippen MR) is 133 cm³/mol. The van der Waals surface area contributed by atoms with Crippen molar-refractivity contribution in [2.75, 3.05) is 37.7 Å². The van der Waals surface area contributed by atoms with Crippen LogP contribution in [0.1, 0.15) is 18.4 Å². The lowest BCUT2D eigenvalue weighted by atomic mass is 9.89. The van der Waals surface area contributed by atoms with Crippen LogP contribution in [-0.2, 0) is 25.7 Å². The molecule has 4 heterocycles. The first-order valence-corrected chi connectivity index (χ1v) is 12.4. The van der Waals surface area contributed by atoms with Crippen LogP contribution in [0.15, 0.2) is 36.9 Å². The van der Waals surface area contributed by atoms with Gasteiger partial charge < -0.3 is 25.0 Å². The van der Waals surface area contributed by atoms with Crippen molar-refractivity contribution in [2.45, 2.75) is 43.5 Å². The first kappa shape index (κ1) is 39.7. The number of likely N-dealkylation sites (tertiary alicyclic amines) is 1. The Balaban J connectivity index is 0.000000413. The van der Waals surface area contributed by atoms with Crippen LogP contribution in [0, 0.1) is 5.82 Å². The van der Waals surface area contributed by atoms with Crippen molar-refractivity contribution >= 4 is 23.9 Å². The Kier molecular flexibility index (Phi) is 14.5. The van der Waals surface area contributed by atoms with Gasteiger partial charge in [0.05, 0.1) is 31.1 Å². The van der Waals surface area contributed by atoms with Crippen molar-refractivity contribution in [2.24, 2.45) is 0 Å². The number of ether oxygens (including phenoxy) is 1. The summed E-state index contributed by atoms with van der Waals surface area (Å²) in [7, 11) is 0. The Bertz CT molecular complexity index is 1200. The number of aromatic nitrogens is 3. The monoisotopic (exact) mass is 685 g/mol. The predicted octanol–water partition coefficient (Wildman–Crippen LogP) is 3.78. The summed E-state index contributed by atoms with van der Waals surface area (Å²) in [5.74, 6) is -8.09. The number of carboxylic acid groups (broad SMARTS) is 3. The van der Waals surface area contributed by atoms with E-state index >= 15 is 0 Å². The van der Waals surface area contributed by atoms with Gasteiger partial charge in [-0.15, -0.1) is 0 Å². The fourth-order valence-corrected chi connectivity index (χ4v) is 3.65. The molecule has 46 heavy (non-hydrogen) atoms. The molecule has 1 spiro atoms. The quantitative estimate of drug-likeness (QED) is 0.401. The highest BCUT2D eigenvalue weighted by Gasteiger charge is 2.41. The van der Waals surface area contributed by atoms with Crippen molar-refractivity contribution in [1.82, 2.24) is 19.9 Å². The molecule has 12 nitrogen and oxygen atoms in total. The molecule has 2 aliphatic rings. The summed E-state index contributed by atoms with van der Waals surface area (Å²) in [4.78, 5) is 43.6. The van der Waals surface area contributed by atoms with Crippen molar-refractivity contribution in [3.8, 4) is 0 Å². The van der Waals surface area contributed by atoms with Crippen LogP contribution in [0.2, 0.25) is 0 Å². The minimum Gasteiger partial charge on any atom is -0.475 e. The van der Waals surface area contributed by atoms with E-state index in [0.29, 0.717) is 12.6 Å². The summed E-state index contributed by atoms with van der Waals surface area (Å²) in [6, 6.07) is 4.13. The summed E-state index contributed by atoms with van der Waals surface area (Å²) in [6.07, 6.45) is -7.16. The van der Waals surface area contributed by atoms with Gasteiger partial charge in [0.15, 0.2) is 5.82 Å². The van der Waals surface area contributed by atoms with Crippen LogP contribution in [0.4, 0.5) is 49.9 Å². The Morgan fingerprint density at radius 1 is 0.783 bits per heavy atom. The number of morpholine rings is 1. The van der Waals surface area contributed by atoms with Crippen LogP contribution in [0.5, 0.6) is 0 Å². The van der Waals surface area contributed by atoms with E-state index in [1.54, 1.807) is 0 Å². The zero-order chi connectivity index (χ0) is 35.3. The maximum atomic E-state index is 13.0. The van der Waals surface area contributed by atoms with Crippen molar-refractivity contribution in [3.63, 3.8) is 0 Å². The minimum absolute atomic E-state index is 0.148. The van der Waals surface area contributed by atoms with E-state index in [9.17, 15) is 43.9 Å². The van der Waals surface area contributed by atoms with Gasteiger partial charge in [-0.25, -0.2) is 28.7 Å². The van der Waals surface area contributed by atoms with Gasteiger partial charge in [0.25, 0.3) is 0 Å². The fraction of sp³-hybridized carbons (Fsp3) is 0.500. The number of piperidine rings is 1. The molecule has 0 amide bonds. The molecule has 2 fully saturated rings. The molecule has 22 heteroatoms. The van der Waals surface area contributed by atoms with Crippen LogP contribution in [-0.4, -0.2) is 110 Å². The summed E-state index contributed by atoms with van der Waals surface area (Å²) < 4.78 is 114. The van der Waals surface area contributed by atoms with E-state index in [2.05, 4.69) is 36.9 Å². The number of halogens is 10. The van der Waals surface area contributed by atoms with E-state index in [-0.39, 0.29) is 5.60 Å². The number of pyridine rings is 1. The number of alkyl halides is 9. The number of carboxylic acids is 3. The van der Waals surface area contributed by atoms with E-state index in [1.165, 1.54) is 18.0 Å². The largest absolute Gasteiger partial charge is 0.490 e. The molecule has 0 unspecified atom stereocenters. The van der Waals surface area contributed by atoms with Crippen molar-refractivity contribution in [3.05, 3.63) is 48.3 Å². The number of aliphatic carboxylic acids is 3. The van der Waals surface area contributed by atoms with Gasteiger partial charge in [-0.1, -0.05) is 0 Å². The van der Waals surface area contributed by atoms with Gasteiger partial charge in [0, 0.05) is 38.6 Å². The number of anilines is 1. The molecule has 258 valence electrons. The van der Waals surface area contributed by atoms with Crippen molar-refractivity contribution in [1.29, 1.82) is 0 Å². The van der Waals surface area contributed by atoms with Gasteiger partial charge in [0.2, 0.25) is 5.95 Å². The molecule has 2 aromatic rings. The smallest absolute Gasteiger partial charge is 0.475 e. The third-order valence-corrected chi connectivity index (χ3v) is 5.79. The molecular formula is C24H25F10N5O7. The zero-order valence-corrected chi connectivity index (χ0v) is 23.1. The van der Waals surface area contributed by atoms with Gasteiger partial charge in [-0.3, -0.25) is 9.88 Å². The molecule has 2 saturated heterocycles. The Morgan fingerprint density at radius 3 is 1.59 bits per heavy atom. The Morgan fingerprint density at radius 2 is 1.20 bits per heavy atom. The molecule has 2 aliphatic heterocycles. The number of nitrogens with zero attached hydrogens (tertiary/aromatic N) is 5. The van der Waals surface area contributed by atoms with E-state index in [1.807, 2.05) is 12.4 Å². The Labute approximate surface area is 252 Å². The SMILES string of the molecule is Fc1cnc(N2CCOC3(CCN(Cc4ccncc4)CC3)C2)nc1.O=C(O)C(F)(F)F.O=C(O)C(F)(F)F.O=C(O)C(F)(F)F. The van der Waals surface area contributed by atoms with Crippen LogP contribution >= 0.6 is 0 Å². The maximum Gasteiger partial charge on any atom is 0.490 e. The third-order valence-electron chi connectivity index (χ3n) is 5.79. The van der Waals surface area contributed by atoms with Gasteiger partial charge in [-0.2, -0.15) is 39.5 Å².